The van der Waals surface area contributed by atoms with Crippen molar-refractivity contribution in [1.82, 2.24) is 10.6 Å². The first-order valence-corrected chi connectivity index (χ1v) is 10.8. The molecule has 9 nitrogen and oxygen atoms in total. The van der Waals surface area contributed by atoms with Gasteiger partial charge in [-0.15, -0.1) is 0 Å². The summed E-state index contributed by atoms with van der Waals surface area (Å²) in [6, 6.07) is 3.34. The Bertz CT molecular complexity index is 836. The molecule has 0 aliphatic carbocycles. The van der Waals surface area contributed by atoms with E-state index in [0.29, 0.717) is 12.0 Å². The van der Waals surface area contributed by atoms with Crippen LogP contribution in [0.15, 0.2) is 24.3 Å². The lowest BCUT2D eigenvalue weighted by atomic mass is 9.85. The second-order valence-corrected chi connectivity index (χ2v) is 9.56. The number of nitro groups is 1. The zero-order valence-corrected chi connectivity index (χ0v) is 20.0. The molecule has 3 atom stereocenters. The molecule has 0 radical (unpaired) electrons. The third-order valence-corrected chi connectivity index (χ3v) is 5.07. The number of amides is 2. The average Bonchev–Trinajstić information content (AvgIpc) is 2.70. The van der Waals surface area contributed by atoms with Crippen molar-refractivity contribution in [2.75, 3.05) is 13.7 Å². The van der Waals surface area contributed by atoms with Crippen LogP contribution in [0.5, 0.6) is 0 Å². The minimum atomic E-state index is -1.07. The van der Waals surface area contributed by atoms with Crippen LogP contribution in [0, 0.1) is 33.2 Å². The van der Waals surface area contributed by atoms with Crippen molar-refractivity contribution >= 4 is 17.8 Å². The van der Waals surface area contributed by atoms with Crippen LogP contribution < -0.4 is 10.6 Å². The fourth-order valence-corrected chi connectivity index (χ4v) is 3.40. The van der Waals surface area contributed by atoms with Crippen LogP contribution in [-0.4, -0.2) is 48.4 Å². The van der Waals surface area contributed by atoms with Gasteiger partial charge in [-0.2, -0.15) is 0 Å². The summed E-state index contributed by atoms with van der Waals surface area (Å²) in [5, 5.41) is 16.3. The van der Waals surface area contributed by atoms with Gasteiger partial charge in [0.05, 0.1) is 7.11 Å². The molecule has 33 heavy (non-hydrogen) atoms. The molecule has 2 N–H and O–H groups in total. The van der Waals surface area contributed by atoms with E-state index in [4.69, 9.17) is 4.74 Å². The summed E-state index contributed by atoms with van der Waals surface area (Å²) in [6.07, 6.45) is 0.349. The summed E-state index contributed by atoms with van der Waals surface area (Å²) in [7, 11) is 1.18. The average molecular weight is 468 g/mol. The molecule has 0 aromatic heterocycles. The molecule has 0 saturated carbocycles. The van der Waals surface area contributed by atoms with Crippen LogP contribution in [-0.2, 0) is 25.5 Å². The van der Waals surface area contributed by atoms with E-state index in [1.54, 1.807) is 20.8 Å². The smallest absolute Gasteiger partial charge is 0.328 e. The molecule has 0 unspecified atom stereocenters. The first-order chi connectivity index (χ1) is 15.2. The second kappa shape index (κ2) is 12.3. The normalized spacial score (nSPS) is 14.2. The molecule has 0 fully saturated rings. The van der Waals surface area contributed by atoms with Crippen molar-refractivity contribution in [1.29, 1.82) is 0 Å². The van der Waals surface area contributed by atoms with Gasteiger partial charge in [-0.05, 0) is 35.4 Å². The largest absolute Gasteiger partial charge is 0.467 e. The van der Waals surface area contributed by atoms with Crippen molar-refractivity contribution in [3.63, 3.8) is 0 Å². The predicted molar refractivity (Wildman–Crippen MR) is 120 cm³/mol. The number of methoxy groups -OCH3 is 1. The minimum absolute atomic E-state index is 0.0435. The Morgan fingerprint density at radius 3 is 2.12 bits per heavy atom. The Balaban J connectivity index is 3.07. The van der Waals surface area contributed by atoms with E-state index in [2.05, 4.69) is 10.6 Å². The van der Waals surface area contributed by atoms with E-state index in [0.717, 1.165) is 0 Å². The summed E-state index contributed by atoms with van der Waals surface area (Å²) in [6.45, 7) is 8.35. The predicted octanol–water partition coefficient (Wildman–Crippen LogP) is 2.50. The van der Waals surface area contributed by atoms with Gasteiger partial charge in [0, 0.05) is 11.3 Å². The van der Waals surface area contributed by atoms with Crippen LogP contribution >= 0.6 is 0 Å². The third kappa shape index (κ3) is 9.55. The lowest BCUT2D eigenvalue weighted by Crippen LogP contribution is -2.58. The van der Waals surface area contributed by atoms with Crippen molar-refractivity contribution in [2.45, 2.75) is 59.5 Å². The zero-order chi connectivity index (χ0) is 25.3. The molecule has 0 bridgehead atoms. The van der Waals surface area contributed by atoms with Crippen LogP contribution in [0.25, 0.3) is 0 Å². The van der Waals surface area contributed by atoms with E-state index in [9.17, 15) is 28.9 Å². The third-order valence-electron chi connectivity index (χ3n) is 5.07. The number of carbonyl (C=O) groups excluding carboxylic acids is 3. The van der Waals surface area contributed by atoms with Gasteiger partial charge in [0.15, 0.2) is 0 Å². The highest BCUT2D eigenvalue weighted by molar-refractivity contribution is 5.92. The van der Waals surface area contributed by atoms with Crippen molar-refractivity contribution in [3.05, 3.63) is 45.8 Å². The van der Waals surface area contributed by atoms with Gasteiger partial charge < -0.3 is 15.4 Å². The Morgan fingerprint density at radius 2 is 1.67 bits per heavy atom. The number of esters is 1. The summed E-state index contributed by atoms with van der Waals surface area (Å²) >= 11 is 0. The quantitative estimate of drug-likeness (QED) is 0.292. The van der Waals surface area contributed by atoms with Gasteiger partial charge in [-0.25, -0.2) is 9.18 Å². The molecule has 1 aromatic carbocycles. The number of hydrogen-bond donors (Lipinski definition) is 2. The highest BCUT2D eigenvalue weighted by Gasteiger charge is 2.37. The lowest BCUT2D eigenvalue weighted by molar-refractivity contribution is -0.486. The topological polar surface area (TPSA) is 128 Å². The molecule has 0 aliphatic heterocycles. The second-order valence-electron chi connectivity index (χ2n) is 9.56. The molecule has 1 aromatic rings. The fourth-order valence-electron chi connectivity index (χ4n) is 3.40. The number of benzene rings is 1. The minimum Gasteiger partial charge on any atom is -0.467 e. The highest BCUT2D eigenvalue weighted by Crippen LogP contribution is 2.22. The van der Waals surface area contributed by atoms with Gasteiger partial charge in [0.25, 0.3) is 0 Å². The van der Waals surface area contributed by atoms with Crippen molar-refractivity contribution in [3.8, 4) is 0 Å². The standard InChI is InChI=1S/C23H34FN3O6/c1-14(2)11-16(13-27(31)32)20(28)26-19(23(3,4)5)21(29)25-18(22(30)33-6)12-15-7-9-17(24)10-8-15/h7-10,14,16,18-19H,11-13H2,1-6H3,(H,25,29)(H,26,28)/t16-,18-,19-/m1/s1. The van der Waals surface area contributed by atoms with Gasteiger partial charge in [0.1, 0.15) is 23.8 Å². The Kier molecular flexibility index (Phi) is 10.4. The van der Waals surface area contributed by atoms with Crippen LogP contribution in [0.1, 0.15) is 46.6 Å². The maximum atomic E-state index is 13.2. The Morgan fingerprint density at radius 1 is 1.09 bits per heavy atom. The summed E-state index contributed by atoms with van der Waals surface area (Å²) in [5.74, 6) is -3.20. The van der Waals surface area contributed by atoms with E-state index < -0.39 is 58.5 Å². The van der Waals surface area contributed by atoms with Gasteiger partial charge in [-0.1, -0.05) is 46.8 Å². The molecular weight excluding hydrogens is 433 g/mol. The van der Waals surface area contributed by atoms with Crippen LogP contribution in [0.4, 0.5) is 4.39 Å². The summed E-state index contributed by atoms with van der Waals surface area (Å²) < 4.78 is 18.0. The molecule has 2 amide bonds. The summed E-state index contributed by atoms with van der Waals surface area (Å²) in [5.41, 5.74) is -0.153. The SMILES string of the molecule is COC(=O)[C@@H](Cc1ccc(F)cc1)NC(=O)[C@@H](NC(=O)[C@H](CC(C)C)C[N+](=O)[O-])C(C)(C)C. The van der Waals surface area contributed by atoms with E-state index in [1.165, 1.54) is 31.4 Å². The molecule has 0 heterocycles. The molecule has 0 saturated heterocycles. The molecule has 1 rings (SSSR count). The van der Waals surface area contributed by atoms with Crippen LogP contribution in [0.3, 0.4) is 0 Å². The van der Waals surface area contributed by atoms with Gasteiger partial charge >= 0.3 is 5.97 Å². The van der Waals surface area contributed by atoms with Crippen LogP contribution in [0.2, 0.25) is 0 Å². The van der Waals surface area contributed by atoms with Crippen molar-refractivity contribution in [2.24, 2.45) is 17.3 Å². The number of rotatable bonds is 11. The summed E-state index contributed by atoms with van der Waals surface area (Å²) in [4.78, 5) is 48.8. The first-order valence-electron chi connectivity index (χ1n) is 10.8. The van der Waals surface area contributed by atoms with Gasteiger partial charge in [0.2, 0.25) is 18.4 Å². The fraction of sp³-hybridized carbons (Fsp3) is 0.609. The number of hydrogen-bond acceptors (Lipinski definition) is 6. The Hall–Kier alpha value is -3.04. The monoisotopic (exact) mass is 467 g/mol. The Labute approximate surface area is 193 Å². The number of halogens is 1. The number of ether oxygens (including phenoxy) is 1. The first kappa shape index (κ1) is 28.0. The number of nitrogens with zero attached hydrogens (tertiary/aromatic N) is 1. The maximum Gasteiger partial charge on any atom is 0.328 e. The molecule has 184 valence electrons. The van der Waals surface area contributed by atoms with E-state index in [1.807, 2.05) is 13.8 Å². The molecular formula is C23H34FN3O6. The van der Waals surface area contributed by atoms with E-state index >= 15 is 0 Å². The number of carbonyl (C=O) groups is 3. The van der Waals surface area contributed by atoms with Gasteiger partial charge in [-0.3, -0.25) is 19.7 Å². The highest BCUT2D eigenvalue weighted by atomic mass is 19.1. The molecule has 0 spiro atoms. The molecule has 10 heteroatoms. The number of nitrogens with one attached hydrogen (secondary N) is 2. The van der Waals surface area contributed by atoms with Crippen molar-refractivity contribution < 1.29 is 28.4 Å². The van der Waals surface area contributed by atoms with E-state index in [-0.39, 0.29) is 12.3 Å². The molecule has 0 aliphatic rings. The zero-order valence-electron chi connectivity index (χ0n) is 20.0. The maximum absolute atomic E-state index is 13.2. The lowest BCUT2D eigenvalue weighted by Gasteiger charge is -2.32.